The van der Waals surface area contributed by atoms with Crippen LogP contribution in [-0.4, -0.2) is 7.11 Å². The van der Waals surface area contributed by atoms with Gasteiger partial charge in [0, 0.05) is 0 Å². The van der Waals surface area contributed by atoms with Gasteiger partial charge in [-0.15, -0.1) is 0 Å². The van der Waals surface area contributed by atoms with E-state index < -0.39 is 0 Å². The third-order valence-corrected chi connectivity index (χ3v) is 2.11. The van der Waals surface area contributed by atoms with Gasteiger partial charge < -0.3 is 4.74 Å². The number of allylic oxidation sites excluding steroid dienone is 4. The fourth-order valence-electron chi connectivity index (χ4n) is 0.987. The normalized spacial score (nSPS) is 13.3. The van der Waals surface area contributed by atoms with Crippen molar-refractivity contribution in [3.63, 3.8) is 0 Å². The molecule has 76 valence electrons. The second-order valence-corrected chi connectivity index (χ2v) is 3.30. The molecule has 0 aliphatic heterocycles. The standard InChI is InChI=1S/C12H17NO/c1-6-7-12(14-5)11(8-13)10(4)9(2)3/h6-7,9H,1H2,2-5H3/b11-10+,12-7+. The van der Waals surface area contributed by atoms with E-state index in [2.05, 4.69) is 12.6 Å². The minimum absolute atomic E-state index is 0.341. The van der Waals surface area contributed by atoms with Crippen molar-refractivity contribution in [2.24, 2.45) is 5.92 Å². The molecule has 2 nitrogen and oxygen atoms in total. The molecule has 0 aliphatic carbocycles. The summed E-state index contributed by atoms with van der Waals surface area (Å²) in [5.74, 6) is 0.918. The monoisotopic (exact) mass is 191 g/mol. The van der Waals surface area contributed by atoms with Crippen molar-refractivity contribution in [3.05, 3.63) is 35.6 Å². The smallest absolute Gasteiger partial charge is 0.136 e. The van der Waals surface area contributed by atoms with Crippen LogP contribution in [0.2, 0.25) is 0 Å². The molecule has 2 heteroatoms. The number of ether oxygens (including phenoxy) is 1. The number of rotatable bonds is 4. The molecular weight excluding hydrogens is 174 g/mol. The Bertz CT molecular complexity index is 303. The summed E-state index contributed by atoms with van der Waals surface area (Å²) in [6.45, 7) is 9.62. The van der Waals surface area contributed by atoms with Crippen LogP contribution in [0.5, 0.6) is 0 Å². The molecule has 0 aliphatic rings. The van der Waals surface area contributed by atoms with Crippen LogP contribution in [0.25, 0.3) is 0 Å². The van der Waals surface area contributed by atoms with E-state index in [9.17, 15) is 0 Å². The Balaban J connectivity index is 5.28. The predicted octanol–water partition coefficient (Wildman–Crippen LogP) is 3.20. The zero-order chi connectivity index (χ0) is 11.1. The van der Waals surface area contributed by atoms with Gasteiger partial charge >= 0.3 is 0 Å². The van der Waals surface area contributed by atoms with Crippen molar-refractivity contribution in [1.29, 1.82) is 5.26 Å². The van der Waals surface area contributed by atoms with E-state index in [1.54, 1.807) is 19.3 Å². The first-order chi connectivity index (χ1) is 6.58. The Morgan fingerprint density at radius 2 is 2.07 bits per heavy atom. The highest BCUT2D eigenvalue weighted by Crippen LogP contribution is 2.20. The molecule has 0 bridgehead atoms. The van der Waals surface area contributed by atoms with E-state index in [1.165, 1.54) is 0 Å². The fraction of sp³-hybridized carbons (Fsp3) is 0.417. The molecule has 0 unspecified atom stereocenters. The maximum atomic E-state index is 9.01. The van der Waals surface area contributed by atoms with Gasteiger partial charge in [0.1, 0.15) is 11.8 Å². The van der Waals surface area contributed by atoms with E-state index in [1.807, 2.05) is 20.8 Å². The van der Waals surface area contributed by atoms with Crippen LogP contribution in [-0.2, 0) is 4.74 Å². The molecule has 0 aromatic heterocycles. The largest absolute Gasteiger partial charge is 0.495 e. The number of nitriles is 1. The molecule has 0 heterocycles. The molecule has 0 radical (unpaired) electrons. The van der Waals surface area contributed by atoms with Crippen LogP contribution in [0.4, 0.5) is 0 Å². The summed E-state index contributed by atoms with van der Waals surface area (Å²) in [5, 5.41) is 9.01. The number of methoxy groups -OCH3 is 1. The van der Waals surface area contributed by atoms with Crippen molar-refractivity contribution >= 4 is 0 Å². The van der Waals surface area contributed by atoms with Gasteiger partial charge in [0.05, 0.1) is 12.7 Å². The van der Waals surface area contributed by atoms with Crippen LogP contribution in [0.15, 0.2) is 35.6 Å². The zero-order valence-corrected chi connectivity index (χ0v) is 9.29. The summed E-state index contributed by atoms with van der Waals surface area (Å²) < 4.78 is 5.12. The van der Waals surface area contributed by atoms with E-state index in [4.69, 9.17) is 10.00 Å². The van der Waals surface area contributed by atoms with Gasteiger partial charge in [0.25, 0.3) is 0 Å². The molecule has 0 saturated carbocycles. The van der Waals surface area contributed by atoms with Crippen molar-refractivity contribution in [2.45, 2.75) is 20.8 Å². The molecule has 0 rings (SSSR count). The van der Waals surface area contributed by atoms with Crippen LogP contribution in [0.3, 0.4) is 0 Å². The number of hydrogen-bond acceptors (Lipinski definition) is 2. The lowest BCUT2D eigenvalue weighted by atomic mass is 9.98. The van der Waals surface area contributed by atoms with Gasteiger partial charge in [-0.05, 0) is 24.5 Å². The van der Waals surface area contributed by atoms with E-state index >= 15 is 0 Å². The predicted molar refractivity (Wildman–Crippen MR) is 58.4 cm³/mol. The molecule has 0 amide bonds. The van der Waals surface area contributed by atoms with Crippen molar-refractivity contribution < 1.29 is 4.74 Å². The van der Waals surface area contributed by atoms with Crippen molar-refractivity contribution in [3.8, 4) is 6.07 Å². The summed E-state index contributed by atoms with van der Waals surface area (Å²) in [7, 11) is 1.56. The second kappa shape index (κ2) is 6.04. The number of hydrogen-bond donors (Lipinski definition) is 0. The molecule has 0 aromatic rings. The summed E-state index contributed by atoms with van der Waals surface area (Å²) >= 11 is 0. The highest BCUT2D eigenvalue weighted by molar-refractivity contribution is 5.43. The molecule has 0 saturated heterocycles. The van der Waals surface area contributed by atoms with E-state index in [0.29, 0.717) is 17.3 Å². The highest BCUT2D eigenvalue weighted by Gasteiger charge is 2.10. The molecule has 0 N–H and O–H groups in total. The Morgan fingerprint density at radius 3 is 2.36 bits per heavy atom. The van der Waals surface area contributed by atoms with Gasteiger partial charge in [0.2, 0.25) is 0 Å². The summed E-state index contributed by atoms with van der Waals surface area (Å²) in [5.41, 5.74) is 1.63. The first kappa shape index (κ1) is 12.5. The van der Waals surface area contributed by atoms with Crippen LogP contribution in [0.1, 0.15) is 20.8 Å². The minimum atomic E-state index is 0.341. The maximum Gasteiger partial charge on any atom is 0.136 e. The minimum Gasteiger partial charge on any atom is -0.495 e. The molecule has 0 spiro atoms. The number of nitrogens with zero attached hydrogens (tertiary/aromatic N) is 1. The van der Waals surface area contributed by atoms with Crippen LogP contribution in [0, 0.1) is 17.2 Å². The van der Waals surface area contributed by atoms with Gasteiger partial charge in [0.15, 0.2) is 0 Å². The lowest BCUT2D eigenvalue weighted by Crippen LogP contribution is -1.99. The topological polar surface area (TPSA) is 33.0 Å². The Kier molecular flexibility index (Phi) is 5.40. The molecule has 0 aromatic carbocycles. The molecule has 14 heavy (non-hydrogen) atoms. The zero-order valence-electron chi connectivity index (χ0n) is 9.29. The lowest BCUT2D eigenvalue weighted by Gasteiger charge is -2.10. The average molecular weight is 191 g/mol. The second-order valence-electron chi connectivity index (χ2n) is 3.30. The third kappa shape index (κ3) is 3.10. The summed E-state index contributed by atoms with van der Waals surface area (Å²) in [6, 6.07) is 2.16. The third-order valence-electron chi connectivity index (χ3n) is 2.11. The maximum absolute atomic E-state index is 9.01. The quantitative estimate of drug-likeness (QED) is 0.388. The highest BCUT2D eigenvalue weighted by atomic mass is 16.5. The van der Waals surface area contributed by atoms with E-state index in [-0.39, 0.29) is 0 Å². The fourth-order valence-corrected chi connectivity index (χ4v) is 0.987. The Morgan fingerprint density at radius 1 is 1.50 bits per heavy atom. The van der Waals surface area contributed by atoms with Crippen molar-refractivity contribution in [2.75, 3.05) is 7.11 Å². The van der Waals surface area contributed by atoms with Gasteiger partial charge in [-0.1, -0.05) is 26.5 Å². The molecule has 0 atom stereocenters. The lowest BCUT2D eigenvalue weighted by molar-refractivity contribution is 0.302. The Hall–Kier alpha value is -1.49. The summed E-state index contributed by atoms with van der Waals surface area (Å²) in [4.78, 5) is 0. The Labute approximate surface area is 86.2 Å². The molecule has 0 fully saturated rings. The first-order valence-electron chi connectivity index (χ1n) is 4.56. The van der Waals surface area contributed by atoms with Gasteiger partial charge in [-0.2, -0.15) is 5.26 Å². The molecular formula is C12H17NO. The van der Waals surface area contributed by atoms with Gasteiger partial charge in [-0.3, -0.25) is 0 Å². The van der Waals surface area contributed by atoms with E-state index in [0.717, 1.165) is 5.57 Å². The SMILES string of the molecule is C=C/C=C(OC)\C(C#N)=C(/C)C(C)C. The van der Waals surface area contributed by atoms with Crippen molar-refractivity contribution in [1.82, 2.24) is 0 Å². The summed E-state index contributed by atoms with van der Waals surface area (Å²) in [6.07, 6.45) is 3.31. The van der Waals surface area contributed by atoms with Crippen LogP contribution < -0.4 is 0 Å². The van der Waals surface area contributed by atoms with Gasteiger partial charge in [-0.25, -0.2) is 0 Å². The van der Waals surface area contributed by atoms with Crippen LogP contribution >= 0.6 is 0 Å². The average Bonchev–Trinajstić information content (AvgIpc) is 2.17. The first-order valence-corrected chi connectivity index (χ1v) is 4.56.